The highest BCUT2D eigenvalue weighted by atomic mass is 35.5. The molecule has 1 aromatic carbocycles. The molecule has 0 saturated carbocycles. The van der Waals surface area contributed by atoms with Gasteiger partial charge in [-0.15, -0.1) is 0 Å². The number of halogens is 1. The van der Waals surface area contributed by atoms with Gasteiger partial charge >= 0.3 is 0 Å². The van der Waals surface area contributed by atoms with Gasteiger partial charge in [-0.3, -0.25) is 4.68 Å². The van der Waals surface area contributed by atoms with Gasteiger partial charge in [0.05, 0.1) is 6.20 Å². The molecule has 1 N–H and O–H groups in total. The molecule has 0 aliphatic carbocycles. The smallest absolute Gasteiger partial charge is 0.0521 e. The zero-order valence-corrected chi connectivity index (χ0v) is 12.9. The monoisotopic (exact) mass is 291 g/mol. The molecular formula is C16H22ClN3. The van der Waals surface area contributed by atoms with Crippen LogP contribution >= 0.6 is 11.6 Å². The van der Waals surface area contributed by atoms with Crippen molar-refractivity contribution in [3.05, 3.63) is 52.8 Å². The number of benzene rings is 1. The second kappa shape index (κ2) is 7.46. The highest BCUT2D eigenvalue weighted by Gasteiger charge is 2.13. The molecule has 1 atom stereocenters. The molecule has 0 saturated heterocycles. The molecule has 20 heavy (non-hydrogen) atoms. The number of nitrogens with one attached hydrogen (secondary N) is 1. The molecule has 1 heterocycles. The third kappa shape index (κ3) is 4.36. The van der Waals surface area contributed by atoms with Crippen molar-refractivity contribution in [2.75, 3.05) is 13.1 Å². The van der Waals surface area contributed by atoms with Gasteiger partial charge in [0.1, 0.15) is 0 Å². The molecule has 2 aromatic rings. The van der Waals surface area contributed by atoms with Crippen molar-refractivity contribution >= 4 is 11.6 Å². The van der Waals surface area contributed by atoms with Crippen molar-refractivity contribution in [3.8, 4) is 0 Å². The second-order valence-corrected chi connectivity index (χ2v) is 5.62. The molecule has 0 bridgehead atoms. The van der Waals surface area contributed by atoms with E-state index in [1.165, 1.54) is 11.1 Å². The zero-order chi connectivity index (χ0) is 14.4. The molecule has 0 aliphatic heterocycles. The Balaban J connectivity index is 2.09. The largest absolute Gasteiger partial charge is 0.316 e. The molecular weight excluding hydrogens is 270 g/mol. The molecule has 3 nitrogen and oxygen atoms in total. The number of nitrogens with zero attached hydrogens (tertiary/aromatic N) is 2. The highest BCUT2D eigenvalue weighted by molar-refractivity contribution is 6.30. The van der Waals surface area contributed by atoms with Gasteiger partial charge in [0.25, 0.3) is 0 Å². The molecule has 0 aliphatic rings. The van der Waals surface area contributed by atoms with E-state index in [-0.39, 0.29) is 0 Å². The third-order valence-corrected chi connectivity index (χ3v) is 3.65. The Morgan fingerprint density at radius 2 is 2.05 bits per heavy atom. The van der Waals surface area contributed by atoms with Crippen LogP contribution in [0, 0.1) is 0 Å². The van der Waals surface area contributed by atoms with Gasteiger partial charge in [-0.2, -0.15) is 5.10 Å². The fraction of sp³-hybridized carbons (Fsp3) is 0.438. The Morgan fingerprint density at radius 3 is 2.65 bits per heavy atom. The minimum atomic E-state index is 0.447. The van der Waals surface area contributed by atoms with Crippen molar-refractivity contribution in [2.24, 2.45) is 7.05 Å². The lowest BCUT2D eigenvalue weighted by atomic mass is 9.93. The Labute approximate surface area is 126 Å². The summed E-state index contributed by atoms with van der Waals surface area (Å²) in [4.78, 5) is 0. The van der Waals surface area contributed by atoms with E-state index >= 15 is 0 Å². The molecule has 108 valence electrons. The van der Waals surface area contributed by atoms with E-state index in [2.05, 4.69) is 35.7 Å². The van der Waals surface area contributed by atoms with E-state index in [0.29, 0.717) is 5.92 Å². The SMILES string of the molecule is CCCNCC(Cc1cnn(C)c1)c1ccc(Cl)cc1. The second-order valence-electron chi connectivity index (χ2n) is 5.18. The van der Waals surface area contributed by atoms with Crippen LogP contribution in [0.2, 0.25) is 5.02 Å². The van der Waals surface area contributed by atoms with Crippen LogP contribution in [0.4, 0.5) is 0 Å². The Bertz CT molecular complexity index is 519. The third-order valence-electron chi connectivity index (χ3n) is 3.40. The van der Waals surface area contributed by atoms with E-state index in [1.807, 2.05) is 30.1 Å². The Morgan fingerprint density at radius 1 is 1.30 bits per heavy atom. The molecule has 1 unspecified atom stereocenters. The first-order valence-electron chi connectivity index (χ1n) is 7.12. The van der Waals surface area contributed by atoms with Crippen LogP contribution in [0.5, 0.6) is 0 Å². The summed E-state index contributed by atoms with van der Waals surface area (Å²) in [7, 11) is 1.95. The molecule has 4 heteroatoms. The topological polar surface area (TPSA) is 29.9 Å². The van der Waals surface area contributed by atoms with E-state index in [1.54, 1.807) is 0 Å². The molecule has 0 fully saturated rings. The van der Waals surface area contributed by atoms with Crippen LogP contribution in [0.3, 0.4) is 0 Å². The van der Waals surface area contributed by atoms with Crippen LogP contribution in [-0.2, 0) is 13.5 Å². The zero-order valence-electron chi connectivity index (χ0n) is 12.1. The van der Waals surface area contributed by atoms with Crippen molar-refractivity contribution in [1.82, 2.24) is 15.1 Å². The summed E-state index contributed by atoms with van der Waals surface area (Å²) in [6.07, 6.45) is 6.18. The summed E-state index contributed by atoms with van der Waals surface area (Å²) < 4.78 is 1.85. The maximum absolute atomic E-state index is 5.98. The van der Waals surface area contributed by atoms with Crippen LogP contribution < -0.4 is 5.32 Å². The molecule has 1 aromatic heterocycles. The van der Waals surface area contributed by atoms with E-state index < -0.39 is 0 Å². The minimum Gasteiger partial charge on any atom is -0.316 e. The summed E-state index contributed by atoms with van der Waals surface area (Å²) in [6.45, 7) is 4.22. The molecule has 0 radical (unpaired) electrons. The first-order valence-corrected chi connectivity index (χ1v) is 7.50. The predicted molar refractivity (Wildman–Crippen MR) is 84.3 cm³/mol. The Hall–Kier alpha value is -1.32. The van der Waals surface area contributed by atoms with Crippen LogP contribution in [0.25, 0.3) is 0 Å². The van der Waals surface area contributed by atoms with Crippen molar-refractivity contribution < 1.29 is 0 Å². The summed E-state index contributed by atoms with van der Waals surface area (Å²) >= 11 is 5.98. The number of hydrogen-bond donors (Lipinski definition) is 1. The lowest BCUT2D eigenvalue weighted by Crippen LogP contribution is -2.23. The van der Waals surface area contributed by atoms with Gasteiger partial charge in [0.15, 0.2) is 0 Å². The van der Waals surface area contributed by atoms with Crippen LogP contribution in [0.1, 0.15) is 30.4 Å². The van der Waals surface area contributed by atoms with E-state index in [0.717, 1.165) is 31.0 Å². The summed E-state index contributed by atoms with van der Waals surface area (Å²) in [5.41, 5.74) is 2.59. The average Bonchev–Trinajstić information content (AvgIpc) is 2.84. The van der Waals surface area contributed by atoms with Gasteiger partial charge in [0.2, 0.25) is 0 Å². The van der Waals surface area contributed by atoms with Gasteiger partial charge in [-0.25, -0.2) is 0 Å². The van der Waals surface area contributed by atoms with Crippen molar-refractivity contribution in [1.29, 1.82) is 0 Å². The maximum Gasteiger partial charge on any atom is 0.0521 e. The van der Waals surface area contributed by atoms with E-state index in [9.17, 15) is 0 Å². The first-order chi connectivity index (χ1) is 9.69. The van der Waals surface area contributed by atoms with Gasteiger partial charge in [-0.05, 0) is 42.6 Å². The highest BCUT2D eigenvalue weighted by Crippen LogP contribution is 2.22. The van der Waals surface area contributed by atoms with Crippen molar-refractivity contribution in [2.45, 2.75) is 25.7 Å². The standard InChI is InChI=1S/C16H22ClN3/c1-3-8-18-11-15(9-13-10-19-20(2)12-13)14-4-6-16(17)7-5-14/h4-7,10,12,15,18H,3,8-9,11H2,1-2H3. The fourth-order valence-electron chi connectivity index (χ4n) is 2.36. The lowest BCUT2D eigenvalue weighted by molar-refractivity contribution is 0.576. The van der Waals surface area contributed by atoms with Gasteiger partial charge < -0.3 is 5.32 Å². The maximum atomic E-state index is 5.98. The van der Waals surface area contributed by atoms with Gasteiger partial charge in [-0.1, -0.05) is 30.7 Å². The molecule has 0 spiro atoms. The average molecular weight is 292 g/mol. The van der Waals surface area contributed by atoms with Crippen LogP contribution in [-0.4, -0.2) is 22.9 Å². The minimum absolute atomic E-state index is 0.447. The number of aryl methyl sites for hydroxylation is 1. The quantitative estimate of drug-likeness (QED) is 0.793. The predicted octanol–water partition coefficient (Wildman–Crippen LogP) is 3.40. The summed E-state index contributed by atoms with van der Waals surface area (Å²) in [5.74, 6) is 0.447. The fourth-order valence-corrected chi connectivity index (χ4v) is 2.48. The number of rotatable bonds is 7. The van der Waals surface area contributed by atoms with Crippen molar-refractivity contribution in [3.63, 3.8) is 0 Å². The molecule has 2 rings (SSSR count). The first kappa shape index (κ1) is 15.1. The summed E-state index contributed by atoms with van der Waals surface area (Å²) in [5, 5.41) is 8.55. The van der Waals surface area contributed by atoms with Gasteiger partial charge in [0, 0.05) is 30.7 Å². The van der Waals surface area contributed by atoms with Crippen LogP contribution in [0.15, 0.2) is 36.7 Å². The molecule has 0 amide bonds. The Kier molecular flexibility index (Phi) is 5.62. The number of hydrogen-bond acceptors (Lipinski definition) is 2. The normalized spacial score (nSPS) is 12.6. The lowest BCUT2D eigenvalue weighted by Gasteiger charge is -2.17. The summed E-state index contributed by atoms with van der Waals surface area (Å²) in [6, 6.07) is 8.17. The van der Waals surface area contributed by atoms with E-state index in [4.69, 9.17) is 11.6 Å². The number of aromatic nitrogens is 2.